The average Bonchev–Trinajstić information content (AvgIpc) is 2.29. The lowest BCUT2D eigenvalue weighted by molar-refractivity contribution is -0.148. The number of carboxylic acids is 1. The van der Waals surface area contributed by atoms with Crippen molar-refractivity contribution < 1.29 is 9.90 Å². The van der Waals surface area contributed by atoms with E-state index in [0.717, 1.165) is 19.6 Å². The van der Waals surface area contributed by atoms with E-state index in [2.05, 4.69) is 24.1 Å². The molecule has 2 N–H and O–H groups in total. The van der Waals surface area contributed by atoms with Gasteiger partial charge in [-0.15, -0.1) is 0 Å². The molecule has 4 heteroatoms. The Morgan fingerprint density at radius 1 is 1.50 bits per heavy atom. The maximum absolute atomic E-state index is 11.2. The SMILES string of the molecule is CC(C)N(CC1CCCNC1)CC(C)(C)C(=O)O. The van der Waals surface area contributed by atoms with Gasteiger partial charge >= 0.3 is 5.97 Å². The molecule has 0 amide bonds. The molecule has 4 nitrogen and oxygen atoms in total. The molecule has 1 heterocycles. The molecule has 106 valence electrons. The van der Waals surface area contributed by atoms with E-state index >= 15 is 0 Å². The summed E-state index contributed by atoms with van der Waals surface area (Å²) >= 11 is 0. The molecule has 0 spiro atoms. The maximum atomic E-state index is 11.2. The highest BCUT2D eigenvalue weighted by molar-refractivity contribution is 5.73. The highest BCUT2D eigenvalue weighted by Gasteiger charge is 2.31. The zero-order chi connectivity index (χ0) is 13.8. The first-order chi connectivity index (χ1) is 8.33. The lowest BCUT2D eigenvalue weighted by Crippen LogP contribution is -2.46. The van der Waals surface area contributed by atoms with E-state index in [9.17, 15) is 9.90 Å². The summed E-state index contributed by atoms with van der Waals surface area (Å²) in [6, 6.07) is 0.394. The van der Waals surface area contributed by atoms with Crippen molar-refractivity contribution in [2.24, 2.45) is 11.3 Å². The van der Waals surface area contributed by atoms with Gasteiger partial charge in [0.05, 0.1) is 5.41 Å². The van der Waals surface area contributed by atoms with Crippen molar-refractivity contribution in [3.05, 3.63) is 0 Å². The second-order valence-electron chi connectivity index (χ2n) is 6.42. The summed E-state index contributed by atoms with van der Waals surface area (Å²) in [6.45, 7) is 11.7. The zero-order valence-electron chi connectivity index (χ0n) is 12.2. The Morgan fingerprint density at radius 3 is 2.61 bits per heavy atom. The van der Waals surface area contributed by atoms with Crippen LogP contribution >= 0.6 is 0 Å². The van der Waals surface area contributed by atoms with E-state index in [1.165, 1.54) is 12.8 Å². The zero-order valence-corrected chi connectivity index (χ0v) is 12.2. The van der Waals surface area contributed by atoms with E-state index in [1.807, 2.05) is 13.8 Å². The number of rotatable bonds is 6. The van der Waals surface area contributed by atoms with Crippen LogP contribution in [-0.2, 0) is 4.79 Å². The van der Waals surface area contributed by atoms with Crippen molar-refractivity contribution in [2.45, 2.75) is 46.6 Å². The molecule has 0 aromatic rings. The number of carboxylic acid groups (broad SMARTS) is 1. The molecule has 1 aliphatic heterocycles. The van der Waals surface area contributed by atoms with Gasteiger partial charge in [0.15, 0.2) is 0 Å². The van der Waals surface area contributed by atoms with E-state index in [-0.39, 0.29) is 0 Å². The van der Waals surface area contributed by atoms with Crippen molar-refractivity contribution in [2.75, 3.05) is 26.2 Å². The van der Waals surface area contributed by atoms with E-state index in [1.54, 1.807) is 0 Å². The molecular weight excluding hydrogens is 228 g/mol. The first kappa shape index (κ1) is 15.4. The summed E-state index contributed by atoms with van der Waals surface area (Å²) in [5.41, 5.74) is -0.674. The lowest BCUT2D eigenvalue weighted by Gasteiger charge is -2.36. The van der Waals surface area contributed by atoms with Crippen LogP contribution in [0.25, 0.3) is 0 Å². The molecule has 0 aromatic carbocycles. The molecule has 0 aromatic heterocycles. The van der Waals surface area contributed by atoms with Crippen LogP contribution in [0.15, 0.2) is 0 Å². The third kappa shape index (κ3) is 4.58. The number of nitrogens with one attached hydrogen (secondary N) is 1. The van der Waals surface area contributed by atoms with Crippen LogP contribution in [0.5, 0.6) is 0 Å². The van der Waals surface area contributed by atoms with Crippen molar-refractivity contribution in [1.82, 2.24) is 10.2 Å². The summed E-state index contributed by atoms with van der Waals surface area (Å²) < 4.78 is 0. The molecule has 1 saturated heterocycles. The Bertz CT molecular complexity index is 271. The summed E-state index contributed by atoms with van der Waals surface area (Å²) in [5.74, 6) is -0.0549. The van der Waals surface area contributed by atoms with Crippen LogP contribution in [0, 0.1) is 11.3 Å². The van der Waals surface area contributed by atoms with E-state index < -0.39 is 11.4 Å². The minimum Gasteiger partial charge on any atom is -0.481 e. The number of hydrogen-bond acceptors (Lipinski definition) is 3. The predicted octanol–water partition coefficient (Wildman–Crippen LogP) is 1.81. The standard InChI is InChI=1S/C14H28N2O2/c1-11(2)16(10-14(3,4)13(17)18)9-12-6-5-7-15-8-12/h11-12,15H,5-10H2,1-4H3,(H,17,18). The third-order valence-corrected chi connectivity index (χ3v) is 3.80. The summed E-state index contributed by atoms with van der Waals surface area (Å²) in [5, 5.41) is 12.7. The van der Waals surface area contributed by atoms with Gasteiger partial charge in [-0.3, -0.25) is 9.69 Å². The number of hydrogen-bond donors (Lipinski definition) is 2. The second kappa shape index (κ2) is 6.53. The minimum atomic E-state index is -0.713. The Labute approximate surface area is 111 Å². The first-order valence-electron chi connectivity index (χ1n) is 7.01. The fourth-order valence-electron chi connectivity index (χ4n) is 2.44. The monoisotopic (exact) mass is 256 g/mol. The van der Waals surface area contributed by atoms with Crippen molar-refractivity contribution >= 4 is 5.97 Å². The predicted molar refractivity (Wildman–Crippen MR) is 73.7 cm³/mol. The minimum absolute atomic E-state index is 0.394. The van der Waals surface area contributed by atoms with Gasteiger partial charge in [-0.1, -0.05) is 0 Å². The number of carbonyl (C=O) groups is 1. The average molecular weight is 256 g/mol. The largest absolute Gasteiger partial charge is 0.481 e. The molecule has 1 unspecified atom stereocenters. The van der Waals surface area contributed by atoms with Gasteiger partial charge in [0, 0.05) is 19.1 Å². The van der Waals surface area contributed by atoms with Crippen LogP contribution in [0.2, 0.25) is 0 Å². The van der Waals surface area contributed by atoms with Gasteiger partial charge in [-0.05, 0) is 59.5 Å². The van der Waals surface area contributed by atoms with Crippen molar-refractivity contribution in [1.29, 1.82) is 0 Å². The van der Waals surface area contributed by atoms with Crippen LogP contribution in [-0.4, -0.2) is 48.2 Å². The fourth-order valence-corrected chi connectivity index (χ4v) is 2.44. The molecule has 0 aliphatic carbocycles. The van der Waals surface area contributed by atoms with Gasteiger partial charge in [-0.2, -0.15) is 0 Å². The Balaban J connectivity index is 2.56. The normalized spacial score (nSPS) is 21.6. The number of piperidine rings is 1. The van der Waals surface area contributed by atoms with Gasteiger partial charge in [0.25, 0.3) is 0 Å². The molecule has 1 atom stereocenters. The van der Waals surface area contributed by atoms with Crippen LogP contribution in [0.1, 0.15) is 40.5 Å². The first-order valence-corrected chi connectivity index (χ1v) is 7.01. The molecular formula is C14H28N2O2. The van der Waals surface area contributed by atoms with Gasteiger partial charge < -0.3 is 10.4 Å². The topological polar surface area (TPSA) is 52.6 Å². The lowest BCUT2D eigenvalue weighted by atomic mass is 9.91. The Kier molecular flexibility index (Phi) is 5.60. The smallest absolute Gasteiger partial charge is 0.310 e. The number of nitrogens with zero attached hydrogens (tertiary/aromatic N) is 1. The van der Waals surface area contributed by atoms with Crippen LogP contribution < -0.4 is 5.32 Å². The summed E-state index contributed by atoms with van der Waals surface area (Å²) in [4.78, 5) is 13.5. The quantitative estimate of drug-likeness (QED) is 0.761. The van der Waals surface area contributed by atoms with Gasteiger partial charge in [0.2, 0.25) is 0 Å². The second-order valence-corrected chi connectivity index (χ2v) is 6.42. The van der Waals surface area contributed by atoms with Crippen LogP contribution in [0.3, 0.4) is 0 Å². The van der Waals surface area contributed by atoms with Gasteiger partial charge in [-0.25, -0.2) is 0 Å². The summed E-state index contributed by atoms with van der Waals surface area (Å²) in [7, 11) is 0. The molecule has 1 rings (SSSR count). The van der Waals surface area contributed by atoms with Gasteiger partial charge in [0.1, 0.15) is 0 Å². The highest BCUT2D eigenvalue weighted by atomic mass is 16.4. The molecule has 18 heavy (non-hydrogen) atoms. The molecule has 1 aliphatic rings. The van der Waals surface area contributed by atoms with Crippen molar-refractivity contribution in [3.8, 4) is 0 Å². The van der Waals surface area contributed by atoms with E-state index in [4.69, 9.17) is 0 Å². The summed E-state index contributed by atoms with van der Waals surface area (Å²) in [6.07, 6.45) is 2.49. The molecule has 0 bridgehead atoms. The highest BCUT2D eigenvalue weighted by Crippen LogP contribution is 2.21. The number of aliphatic carboxylic acids is 1. The molecule has 1 fully saturated rings. The third-order valence-electron chi connectivity index (χ3n) is 3.80. The maximum Gasteiger partial charge on any atom is 0.310 e. The van der Waals surface area contributed by atoms with E-state index in [0.29, 0.717) is 18.5 Å². The molecule has 0 saturated carbocycles. The Hall–Kier alpha value is -0.610. The fraction of sp³-hybridized carbons (Fsp3) is 0.929. The molecule has 0 radical (unpaired) electrons. The van der Waals surface area contributed by atoms with Crippen molar-refractivity contribution in [3.63, 3.8) is 0 Å². The van der Waals surface area contributed by atoms with Crippen LogP contribution in [0.4, 0.5) is 0 Å². The Morgan fingerprint density at radius 2 is 2.17 bits per heavy atom.